The lowest BCUT2D eigenvalue weighted by atomic mass is 10.1. The average Bonchev–Trinajstić information content (AvgIpc) is 3.69. The molecule has 0 spiro atoms. The van der Waals surface area contributed by atoms with Crippen LogP contribution in [0, 0.1) is 6.92 Å². The Labute approximate surface area is 222 Å². The SMILES string of the molecule is CCC(C(=O)NC1CCCC1)N(CCc1ccc(OC)c(OC)c1)C(=O)Cn1nnc(-c2ccc(C)o2)n1. The van der Waals surface area contributed by atoms with Gasteiger partial charge in [-0.25, -0.2) is 0 Å². The molecule has 1 saturated carbocycles. The molecule has 1 atom stereocenters. The molecule has 4 rings (SSSR count). The number of nitrogens with one attached hydrogen (secondary N) is 1. The van der Waals surface area contributed by atoms with Gasteiger partial charge in [-0.15, -0.1) is 10.2 Å². The van der Waals surface area contributed by atoms with Crippen molar-refractivity contribution in [1.29, 1.82) is 0 Å². The van der Waals surface area contributed by atoms with Crippen molar-refractivity contribution in [3.63, 3.8) is 0 Å². The largest absolute Gasteiger partial charge is 0.493 e. The molecule has 0 bridgehead atoms. The van der Waals surface area contributed by atoms with Gasteiger partial charge < -0.3 is 24.1 Å². The van der Waals surface area contributed by atoms with E-state index in [0.717, 1.165) is 37.0 Å². The minimum Gasteiger partial charge on any atom is -0.493 e. The third-order valence-electron chi connectivity index (χ3n) is 6.87. The highest BCUT2D eigenvalue weighted by Gasteiger charge is 2.31. The van der Waals surface area contributed by atoms with Gasteiger partial charge in [0.15, 0.2) is 17.3 Å². The number of aryl methyl sites for hydroxylation is 1. The second-order valence-electron chi connectivity index (χ2n) is 9.49. The maximum Gasteiger partial charge on any atom is 0.246 e. The summed E-state index contributed by atoms with van der Waals surface area (Å²) in [7, 11) is 3.17. The van der Waals surface area contributed by atoms with Crippen LogP contribution in [0.4, 0.5) is 0 Å². The smallest absolute Gasteiger partial charge is 0.246 e. The molecule has 11 nitrogen and oxygen atoms in total. The number of tetrazole rings is 1. The molecular weight excluding hydrogens is 488 g/mol. The molecule has 0 radical (unpaired) electrons. The molecule has 0 saturated heterocycles. The van der Waals surface area contributed by atoms with E-state index in [9.17, 15) is 9.59 Å². The van der Waals surface area contributed by atoms with E-state index in [0.29, 0.717) is 42.5 Å². The maximum atomic E-state index is 13.6. The normalized spacial score (nSPS) is 14.3. The lowest BCUT2D eigenvalue weighted by Crippen LogP contribution is -2.52. The fourth-order valence-electron chi connectivity index (χ4n) is 4.83. The monoisotopic (exact) mass is 524 g/mol. The minimum atomic E-state index is -0.612. The zero-order valence-electron chi connectivity index (χ0n) is 22.5. The third kappa shape index (κ3) is 6.51. The molecule has 0 aliphatic heterocycles. The lowest BCUT2D eigenvalue weighted by Gasteiger charge is -2.31. The van der Waals surface area contributed by atoms with E-state index < -0.39 is 6.04 Å². The summed E-state index contributed by atoms with van der Waals surface area (Å²) in [6.45, 7) is 3.94. The molecule has 1 unspecified atom stereocenters. The number of rotatable bonds is 12. The Morgan fingerprint density at radius 1 is 1.16 bits per heavy atom. The highest BCUT2D eigenvalue weighted by atomic mass is 16.5. The van der Waals surface area contributed by atoms with E-state index in [2.05, 4.69) is 20.7 Å². The van der Waals surface area contributed by atoms with Crippen molar-refractivity contribution >= 4 is 11.8 Å². The molecule has 1 fully saturated rings. The van der Waals surface area contributed by atoms with Crippen molar-refractivity contribution in [2.45, 2.75) is 71.0 Å². The van der Waals surface area contributed by atoms with Gasteiger partial charge in [0, 0.05) is 12.6 Å². The molecule has 2 heterocycles. The number of ether oxygens (including phenoxy) is 2. The first kappa shape index (κ1) is 27.2. The number of benzene rings is 1. The molecule has 11 heteroatoms. The van der Waals surface area contributed by atoms with Crippen LogP contribution in [0.25, 0.3) is 11.6 Å². The first-order valence-corrected chi connectivity index (χ1v) is 13.1. The van der Waals surface area contributed by atoms with Crippen molar-refractivity contribution in [2.24, 2.45) is 0 Å². The number of methoxy groups -OCH3 is 2. The summed E-state index contributed by atoms with van der Waals surface area (Å²) in [5.41, 5.74) is 0.959. The molecule has 204 valence electrons. The molecule has 1 aromatic carbocycles. The first-order valence-electron chi connectivity index (χ1n) is 13.1. The second kappa shape index (κ2) is 12.6. The molecule has 1 aliphatic carbocycles. The molecule has 2 amide bonds. The number of hydrogen-bond donors (Lipinski definition) is 1. The van der Waals surface area contributed by atoms with Crippen LogP contribution in [0.5, 0.6) is 11.5 Å². The van der Waals surface area contributed by atoms with E-state index in [1.807, 2.05) is 38.1 Å². The summed E-state index contributed by atoms with van der Waals surface area (Å²) in [6, 6.07) is 8.77. The van der Waals surface area contributed by atoms with Crippen molar-refractivity contribution < 1.29 is 23.5 Å². The molecule has 1 aliphatic rings. The summed E-state index contributed by atoms with van der Waals surface area (Å²) in [5, 5.41) is 15.5. The fraction of sp³-hybridized carbons (Fsp3) is 0.519. The topological polar surface area (TPSA) is 125 Å². The zero-order chi connectivity index (χ0) is 27.1. The Kier molecular flexibility index (Phi) is 8.98. The first-order chi connectivity index (χ1) is 18.4. The van der Waals surface area contributed by atoms with E-state index in [1.165, 1.54) is 4.80 Å². The summed E-state index contributed by atoms with van der Waals surface area (Å²) in [6.07, 6.45) is 5.18. The number of carbonyl (C=O) groups is 2. The van der Waals surface area contributed by atoms with Gasteiger partial charge in [0.05, 0.1) is 14.2 Å². The van der Waals surface area contributed by atoms with Gasteiger partial charge in [0.2, 0.25) is 17.6 Å². The van der Waals surface area contributed by atoms with Gasteiger partial charge in [-0.3, -0.25) is 9.59 Å². The molecule has 1 N–H and O–H groups in total. The number of hydrogen-bond acceptors (Lipinski definition) is 8. The minimum absolute atomic E-state index is 0.127. The highest BCUT2D eigenvalue weighted by Crippen LogP contribution is 2.28. The van der Waals surface area contributed by atoms with Crippen LogP contribution in [-0.4, -0.2) is 69.8 Å². The number of amides is 2. The van der Waals surface area contributed by atoms with E-state index in [4.69, 9.17) is 13.9 Å². The van der Waals surface area contributed by atoms with Gasteiger partial charge in [0.25, 0.3) is 0 Å². The Hall–Kier alpha value is -3.89. The Balaban J connectivity index is 1.52. The maximum absolute atomic E-state index is 13.6. The van der Waals surface area contributed by atoms with Crippen LogP contribution in [0.1, 0.15) is 50.4 Å². The van der Waals surface area contributed by atoms with Crippen LogP contribution in [0.2, 0.25) is 0 Å². The van der Waals surface area contributed by atoms with Crippen molar-refractivity contribution in [3.05, 3.63) is 41.7 Å². The van der Waals surface area contributed by atoms with Crippen LogP contribution >= 0.6 is 0 Å². The summed E-state index contributed by atoms with van der Waals surface area (Å²) in [4.78, 5) is 29.8. The fourth-order valence-corrected chi connectivity index (χ4v) is 4.83. The van der Waals surface area contributed by atoms with Crippen molar-refractivity contribution in [2.75, 3.05) is 20.8 Å². The molecule has 2 aromatic heterocycles. The predicted octanol–water partition coefficient (Wildman–Crippen LogP) is 3.17. The van der Waals surface area contributed by atoms with Crippen LogP contribution in [-0.2, 0) is 22.6 Å². The van der Waals surface area contributed by atoms with Crippen molar-refractivity contribution in [1.82, 2.24) is 30.4 Å². The Morgan fingerprint density at radius 3 is 2.58 bits per heavy atom. The summed E-state index contributed by atoms with van der Waals surface area (Å²) in [5.74, 6) is 2.36. The lowest BCUT2D eigenvalue weighted by molar-refractivity contribution is -0.141. The van der Waals surface area contributed by atoms with Gasteiger partial charge in [-0.2, -0.15) is 4.80 Å². The van der Waals surface area contributed by atoms with E-state index >= 15 is 0 Å². The van der Waals surface area contributed by atoms with Crippen LogP contribution < -0.4 is 14.8 Å². The predicted molar refractivity (Wildman–Crippen MR) is 140 cm³/mol. The number of nitrogens with zero attached hydrogens (tertiary/aromatic N) is 5. The van der Waals surface area contributed by atoms with Crippen LogP contribution in [0.15, 0.2) is 34.7 Å². The average molecular weight is 525 g/mol. The zero-order valence-corrected chi connectivity index (χ0v) is 22.5. The van der Waals surface area contributed by atoms with Gasteiger partial charge in [-0.05, 0) is 67.6 Å². The van der Waals surface area contributed by atoms with Crippen molar-refractivity contribution in [3.8, 4) is 23.1 Å². The molecular formula is C27H36N6O5. The van der Waals surface area contributed by atoms with Crippen LogP contribution in [0.3, 0.4) is 0 Å². The summed E-state index contributed by atoms with van der Waals surface area (Å²) < 4.78 is 16.3. The van der Waals surface area contributed by atoms with Gasteiger partial charge in [-0.1, -0.05) is 25.8 Å². The Morgan fingerprint density at radius 2 is 1.92 bits per heavy atom. The number of carbonyl (C=O) groups excluding carboxylic acids is 2. The third-order valence-corrected chi connectivity index (χ3v) is 6.87. The summed E-state index contributed by atoms with van der Waals surface area (Å²) >= 11 is 0. The second-order valence-corrected chi connectivity index (χ2v) is 9.49. The van der Waals surface area contributed by atoms with Gasteiger partial charge >= 0.3 is 0 Å². The standard InChI is InChI=1S/C27H36N6O5/c1-5-21(27(35)28-20-8-6-7-9-20)32(15-14-19-11-13-22(36-3)24(16-19)37-4)25(34)17-33-30-26(29-31-33)23-12-10-18(2)38-23/h10-13,16,20-21H,5-9,14-15,17H2,1-4H3,(H,28,35). The highest BCUT2D eigenvalue weighted by molar-refractivity contribution is 5.87. The number of furan rings is 1. The van der Waals surface area contributed by atoms with Gasteiger partial charge in [0.1, 0.15) is 18.3 Å². The van der Waals surface area contributed by atoms with E-state index in [-0.39, 0.29) is 24.4 Å². The quantitative estimate of drug-likeness (QED) is 0.383. The number of aromatic nitrogens is 4. The molecule has 3 aromatic rings. The Bertz CT molecular complexity index is 1230. The molecule has 38 heavy (non-hydrogen) atoms. The van der Waals surface area contributed by atoms with E-state index in [1.54, 1.807) is 25.2 Å².